The van der Waals surface area contributed by atoms with Crippen molar-refractivity contribution in [2.75, 3.05) is 0 Å². The van der Waals surface area contributed by atoms with Gasteiger partial charge in [0, 0.05) is 11.0 Å². The van der Waals surface area contributed by atoms with Crippen molar-refractivity contribution in [1.82, 2.24) is 0 Å². The second-order valence-corrected chi connectivity index (χ2v) is 5.32. The molecule has 1 aromatic rings. The summed E-state index contributed by atoms with van der Waals surface area (Å²) in [5, 5.41) is 0. The third-order valence-corrected chi connectivity index (χ3v) is 3.25. The second kappa shape index (κ2) is 3.48. The molecule has 0 bridgehead atoms. The maximum Gasteiger partial charge on any atom is 0.169 e. The smallest absolute Gasteiger partial charge is 0.169 e. The van der Waals surface area contributed by atoms with E-state index in [1.165, 1.54) is 5.56 Å². The number of benzene rings is 1. The lowest BCUT2D eigenvalue weighted by molar-refractivity contribution is 0.0811. The van der Waals surface area contributed by atoms with Crippen LogP contribution in [0.15, 0.2) is 24.3 Å². The molecular weight excluding hydrogens is 184 g/mol. The highest BCUT2D eigenvalue weighted by Crippen LogP contribution is 2.40. The van der Waals surface area contributed by atoms with Crippen LogP contribution in [0.2, 0.25) is 0 Å². The third kappa shape index (κ3) is 1.71. The summed E-state index contributed by atoms with van der Waals surface area (Å²) >= 11 is 0. The summed E-state index contributed by atoms with van der Waals surface area (Å²) < 4.78 is 0. The van der Waals surface area contributed by atoms with Gasteiger partial charge in [0.2, 0.25) is 0 Å². The molecule has 1 nitrogen and oxygen atoms in total. The van der Waals surface area contributed by atoms with Crippen LogP contribution in [0, 0.1) is 11.3 Å². The Labute approximate surface area is 91.5 Å². The van der Waals surface area contributed by atoms with Gasteiger partial charge in [-0.1, -0.05) is 45.0 Å². The van der Waals surface area contributed by atoms with E-state index in [1.807, 2.05) is 18.2 Å². The molecule has 80 valence electrons. The SMILES string of the molecule is CC(C)CC1(C)Cc2ccccc2C1=O. The Balaban J connectivity index is 2.34. The van der Waals surface area contributed by atoms with E-state index in [0.29, 0.717) is 11.7 Å². The lowest BCUT2D eigenvalue weighted by atomic mass is 9.79. The molecule has 0 aromatic heterocycles. The van der Waals surface area contributed by atoms with Gasteiger partial charge in [0.05, 0.1) is 0 Å². The Hall–Kier alpha value is -1.11. The number of ketones is 1. The maximum atomic E-state index is 12.3. The van der Waals surface area contributed by atoms with Crippen LogP contribution >= 0.6 is 0 Å². The molecule has 1 unspecified atom stereocenters. The van der Waals surface area contributed by atoms with Gasteiger partial charge < -0.3 is 0 Å². The van der Waals surface area contributed by atoms with Crippen molar-refractivity contribution >= 4 is 5.78 Å². The minimum atomic E-state index is -0.155. The van der Waals surface area contributed by atoms with Gasteiger partial charge in [-0.05, 0) is 24.3 Å². The molecule has 2 rings (SSSR count). The average molecular weight is 202 g/mol. The zero-order valence-corrected chi connectivity index (χ0v) is 9.71. The molecule has 0 aliphatic heterocycles. The van der Waals surface area contributed by atoms with Gasteiger partial charge in [-0.2, -0.15) is 0 Å². The Morgan fingerprint density at radius 1 is 1.33 bits per heavy atom. The van der Waals surface area contributed by atoms with Crippen LogP contribution in [0.1, 0.15) is 43.1 Å². The highest BCUT2D eigenvalue weighted by molar-refractivity contribution is 6.04. The monoisotopic (exact) mass is 202 g/mol. The van der Waals surface area contributed by atoms with Crippen molar-refractivity contribution in [1.29, 1.82) is 0 Å². The fraction of sp³-hybridized carbons (Fsp3) is 0.500. The summed E-state index contributed by atoms with van der Waals surface area (Å²) in [6.07, 6.45) is 1.90. The summed E-state index contributed by atoms with van der Waals surface area (Å²) in [6.45, 7) is 6.47. The predicted molar refractivity (Wildman–Crippen MR) is 62.0 cm³/mol. The molecule has 1 aromatic carbocycles. The third-order valence-electron chi connectivity index (χ3n) is 3.25. The molecule has 1 aliphatic carbocycles. The fourth-order valence-electron chi connectivity index (χ4n) is 2.79. The molecule has 0 N–H and O–H groups in total. The zero-order valence-electron chi connectivity index (χ0n) is 9.71. The van der Waals surface area contributed by atoms with Crippen molar-refractivity contribution in [3.8, 4) is 0 Å². The summed E-state index contributed by atoms with van der Waals surface area (Å²) in [7, 11) is 0. The van der Waals surface area contributed by atoms with Gasteiger partial charge in [0.15, 0.2) is 5.78 Å². The number of hydrogen-bond acceptors (Lipinski definition) is 1. The lowest BCUT2D eigenvalue weighted by Gasteiger charge is -2.23. The van der Waals surface area contributed by atoms with Crippen LogP contribution in [0.25, 0.3) is 0 Å². The van der Waals surface area contributed by atoms with E-state index < -0.39 is 0 Å². The first-order valence-electron chi connectivity index (χ1n) is 5.66. The summed E-state index contributed by atoms with van der Waals surface area (Å²) in [4.78, 5) is 12.3. The molecule has 0 amide bonds. The summed E-state index contributed by atoms with van der Waals surface area (Å²) in [6, 6.07) is 8.02. The van der Waals surface area contributed by atoms with E-state index in [1.54, 1.807) is 0 Å². The van der Waals surface area contributed by atoms with Gasteiger partial charge in [0.25, 0.3) is 0 Å². The first-order chi connectivity index (χ1) is 7.03. The lowest BCUT2D eigenvalue weighted by Crippen LogP contribution is -2.25. The van der Waals surface area contributed by atoms with Crippen LogP contribution in [0.5, 0.6) is 0 Å². The van der Waals surface area contributed by atoms with Gasteiger partial charge >= 0.3 is 0 Å². The van der Waals surface area contributed by atoms with Gasteiger partial charge in [-0.3, -0.25) is 4.79 Å². The normalized spacial score (nSPS) is 24.7. The average Bonchev–Trinajstić information content (AvgIpc) is 2.39. The molecule has 0 radical (unpaired) electrons. The Morgan fingerprint density at radius 3 is 2.60 bits per heavy atom. The molecule has 1 atom stereocenters. The fourth-order valence-corrected chi connectivity index (χ4v) is 2.79. The molecule has 0 saturated carbocycles. The zero-order chi connectivity index (χ0) is 11.1. The van der Waals surface area contributed by atoms with E-state index in [4.69, 9.17) is 0 Å². The number of hydrogen-bond donors (Lipinski definition) is 0. The predicted octanol–water partition coefficient (Wildman–Crippen LogP) is 3.48. The van der Waals surface area contributed by atoms with Crippen molar-refractivity contribution in [3.63, 3.8) is 0 Å². The van der Waals surface area contributed by atoms with E-state index in [-0.39, 0.29) is 5.41 Å². The quantitative estimate of drug-likeness (QED) is 0.717. The van der Waals surface area contributed by atoms with Crippen molar-refractivity contribution < 1.29 is 4.79 Å². The standard InChI is InChI=1S/C14H18O/c1-10(2)8-14(3)9-11-6-4-5-7-12(11)13(14)15/h4-7,10H,8-9H2,1-3H3. The van der Waals surface area contributed by atoms with Crippen LogP contribution < -0.4 is 0 Å². The topological polar surface area (TPSA) is 17.1 Å². The molecule has 1 aliphatic rings. The molecule has 0 heterocycles. The number of carbonyl (C=O) groups is 1. The Bertz CT molecular complexity index is 392. The van der Waals surface area contributed by atoms with E-state index in [0.717, 1.165) is 18.4 Å². The van der Waals surface area contributed by atoms with Crippen molar-refractivity contribution in [2.24, 2.45) is 11.3 Å². The molecule has 0 fully saturated rings. The highest BCUT2D eigenvalue weighted by Gasteiger charge is 2.41. The van der Waals surface area contributed by atoms with Crippen molar-refractivity contribution in [2.45, 2.75) is 33.6 Å². The second-order valence-electron chi connectivity index (χ2n) is 5.32. The van der Waals surface area contributed by atoms with E-state index in [9.17, 15) is 4.79 Å². The number of fused-ring (bicyclic) bond motifs is 1. The molecule has 0 spiro atoms. The van der Waals surface area contributed by atoms with Crippen LogP contribution in [-0.4, -0.2) is 5.78 Å². The molecule has 1 heteroatoms. The van der Waals surface area contributed by atoms with E-state index >= 15 is 0 Å². The molecule has 15 heavy (non-hydrogen) atoms. The number of Topliss-reactive ketones (excluding diaryl/α,β-unsaturated/α-hetero) is 1. The van der Waals surface area contributed by atoms with Crippen LogP contribution in [0.3, 0.4) is 0 Å². The Morgan fingerprint density at radius 2 is 2.00 bits per heavy atom. The van der Waals surface area contributed by atoms with Gasteiger partial charge in [-0.25, -0.2) is 0 Å². The highest BCUT2D eigenvalue weighted by atomic mass is 16.1. The summed E-state index contributed by atoms with van der Waals surface area (Å²) in [5.74, 6) is 0.917. The first kappa shape index (κ1) is 10.4. The number of carbonyl (C=O) groups excluding carboxylic acids is 1. The van der Waals surface area contributed by atoms with Crippen LogP contribution in [0.4, 0.5) is 0 Å². The van der Waals surface area contributed by atoms with Gasteiger partial charge in [-0.15, -0.1) is 0 Å². The largest absolute Gasteiger partial charge is 0.294 e. The maximum absolute atomic E-state index is 12.3. The minimum Gasteiger partial charge on any atom is -0.294 e. The van der Waals surface area contributed by atoms with Gasteiger partial charge in [0.1, 0.15) is 0 Å². The van der Waals surface area contributed by atoms with Crippen LogP contribution in [-0.2, 0) is 6.42 Å². The van der Waals surface area contributed by atoms with E-state index in [2.05, 4.69) is 26.8 Å². The van der Waals surface area contributed by atoms with Crippen molar-refractivity contribution in [3.05, 3.63) is 35.4 Å². The minimum absolute atomic E-state index is 0.155. The first-order valence-corrected chi connectivity index (χ1v) is 5.66. The number of rotatable bonds is 2. The summed E-state index contributed by atoms with van der Waals surface area (Å²) in [5.41, 5.74) is 2.02. The molecular formula is C14H18O. The molecule has 0 saturated heterocycles. The Kier molecular flexibility index (Phi) is 2.41.